The summed E-state index contributed by atoms with van der Waals surface area (Å²) >= 11 is 0. The summed E-state index contributed by atoms with van der Waals surface area (Å²) in [6, 6.07) is 19.6. The number of hydrogen-bond acceptors (Lipinski definition) is 4. The summed E-state index contributed by atoms with van der Waals surface area (Å²) in [5.74, 6) is -2.60. The first-order chi connectivity index (χ1) is 15.4. The number of hydrogen-bond donors (Lipinski definition) is 4. The maximum atomic E-state index is 12.5. The number of nitrogens with zero attached hydrogens (tertiary/aromatic N) is 1. The highest BCUT2D eigenvalue weighted by Crippen LogP contribution is 2.28. The van der Waals surface area contributed by atoms with Crippen molar-refractivity contribution in [2.45, 2.75) is 0 Å². The number of pyridine rings is 1. The van der Waals surface area contributed by atoms with Gasteiger partial charge in [0.15, 0.2) is 0 Å². The van der Waals surface area contributed by atoms with Crippen LogP contribution >= 0.6 is 0 Å². The molecule has 8 heteroatoms. The van der Waals surface area contributed by atoms with Gasteiger partial charge >= 0.3 is 18.0 Å². The van der Waals surface area contributed by atoms with Gasteiger partial charge in [-0.1, -0.05) is 36.4 Å². The average Bonchev–Trinajstić information content (AvgIpc) is 2.78. The highest BCUT2D eigenvalue weighted by atomic mass is 16.4. The van der Waals surface area contributed by atoms with Gasteiger partial charge in [-0.15, -0.1) is 0 Å². The molecule has 0 aliphatic heterocycles. The van der Waals surface area contributed by atoms with Crippen LogP contribution in [0.15, 0.2) is 79.0 Å². The molecular formula is C24H17N3O5. The Balaban J connectivity index is 1.58. The number of rotatable bonds is 5. The van der Waals surface area contributed by atoms with Crippen LogP contribution in [0.1, 0.15) is 20.7 Å². The zero-order valence-electron chi connectivity index (χ0n) is 16.6. The fraction of sp³-hybridized carbons (Fsp3) is 0. The Morgan fingerprint density at radius 3 is 2.09 bits per heavy atom. The second-order valence-corrected chi connectivity index (χ2v) is 6.95. The largest absolute Gasteiger partial charge is 0.478 e. The maximum absolute atomic E-state index is 12.5. The number of carbonyl (C=O) groups excluding carboxylic acids is 1. The molecule has 0 unspecified atom stereocenters. The van der Waals surface area contributed by atoms with E-state index in [-0.39, 0.29) is 16.8 Å². The van der Waals surface area contributed by atoms with Crippen molar-refractivity contribution in [2.24, 2.45) is 0 Å². The van der Waals surface area contributed by atoms with Crippen molar-refractivity contribution in [1.82, 2.24) is 4.98 Å². The van der Waals surface area contributed by atoms with Crippen molar-refractivity contribution < 1.29 is 24.6 Å². The lowest BCUT2D eigenvalue weighted by atomic mass is 10.0. The van der Waals surface area contributed by atoms with E-state index in [1.165, 1.54) is 12.1 Å². The highest BCUT2D eigenvalue weighted by Gasteiger charge is 2.13. The van der Waals surface area contributed by atoms with Crippen LogP contribution in [0.25, 0.3) is 22.0 Å². The van der Waals surface area contributed by atoms with E-state index in [2.05, 4.69) is 15.6 Å². The first-order valence-corrected chi connectivity index (χ1v) is 9.54. The molecule has 4 aromatic rings. The Bertz CT molecular complexity index is 1330. The average molecular weight is 427 g/mol. The molecule has 158 valence electrons. The predicted molar refractivity (Wildman–Crippen MR) is 120 cm³/mol. The molecule has 4 rings (SSSR count). The van der Waals surface area contributed by atoms with Gasteiger partial charge in [-0.2, -0.15) is 0 Å². The van der Waals surface area contributed by atoms with Crippen molar-refractivity contribution in [1.29, 1.82) is 0 Å². The topological polar surface area (TPSA) is 129 Å². The van der Waals surface area contributed by atoms with E-state index < -0.39 is 18.0 Å². The first-order valence-electron chi connectivity index (χ1n) is 9.54. The zero-order valence-corrected chi connectivity index (χ0v) is 16.6. The van der Waals surface area contributed by atoms with Gasteiger partial charge in [0.2, 0.25) is 0 Å². The molecular weight excluding hydrogens is 410 g/mol. The number of carboxylic acid groups (broad SMARTS) is 2. The van der Waals surface area contributed by atoms with Crippen molar-refractivity contribution in [3.63, 3.8) is 0 Å². The summed E-state index contributed by atoms with van der Waals surface area (Å²) in [7, 11) is 0. The summed E-state index contributed by atoms with van der Waals surface area (Å²) < 4.78 is 0. The molecule has 0 aliphatic rings. The van der Waals surface area contributed by atoms with Crippen LogP contribution in [0.5, 0.6) is 0 Å². The number of para-hydroxylation sites is 1. The molecule has 0 aliphatic carbocycles. The third kappa shape index (κ3) is 4.39. The molecule has 0 saturated heterocycles. The summed E-state index contributed by atoms with van der Waals surface area (Å²) in [6.07, 6.45) is 1.72. The smallest absolute Gasteiger partial charge is 0.335 e. The fourth-order valence-electron chi connectivity index (χ4n) is 3.34. The van der Waals surface area contributed by atoms with E-state index in [1.807, 2.05) is 36.4 Å². The van der Waals surface area contributed by atoms with Gasteiger partial charge in [0.25, 0.3) is 0 Å². The molecule has 3 aromatic carbocycles. The quantitative estimate of drug-likeness (QED) is 0.357. The number of aromatic nitrogens is 1. The number of amides is 2. The van der Waals surface area contributed by atoms with Gasteiger partial charge in [-0.25, -0.2) is 14.4 Å². The monoisotopic (exact) mass is 427 g/mol. The number of benzene rings is 3. The molecule has 0 spiro atoms. The minimum Gasteiger partial charge on any atom is -0.478 e. The molecule has 0 bridgehead atoms. The molecule has 1 heterocycles. The lowest BCUT2D eigenvalue weighted by Crippen LogP contribution is -2.20. The van der Waals surface area contributed by atoms with Crippen molar-refractivity contribution in [2.75, 3.05) is 10.6 Å². The first kappa shape index (κ1) is 20.5. The van der Waals surface area contributed by atoms with E-state index in [0.717, 1.165) is 28.1 Å². The standard InChI is InChI=1S/C24H17N3O5/c28-22(29)16-10-17(23(30)31)13-19(12-16)27-24(32)26-18-7-1-5-15(11-18)20-8-2-4-14-6-3-9-25-21(14)20/h1-13H,(H,28,29)(H,30,31)(H2,26,27,32). The summed E-state index contributed by atoms with van der Waals surface area (Å²) in [6.45, 7) is 0. The fourth-order valence-corrected chi connectivity index (χ4v) is 3.34. The van der Waals surface area contributed by atoms with E-state index >= 15 is 0 Å². The molecule has 0 radical (unpaired) electrons. The molecule has 32 heavy (non-hydrogen) atoms. The summed E-state index contributed by atoms with van der Waals surface area (Å²) in [4.78, 5) is 39.4. The second kappa shape index (κ2) is 8.57. The Hall–Kier alpha value is -4.72. The molecule has 0 atom stereocenters. The number of anilines is 2. The van der Waals surface area contributed by atoms with Crippen LogP contribution in [0.4, 0.5) is 16.2 Å². The Morgan fingerprint density at radius 1 is 0.719 bits per heavy atom. The molecule has 8 nitrogen and oxygen atoms in total. The van der Waals surface area contributed by atoms with Crippen LogP contribution in [0.2, 0.25) is 0 Å². The van der Waals surface area contributed by atoms with Crippen molar-refractivity contribution in [3.05, 3.63) is 90.1 Å². The number of aromatic carboxylic acids is 2. The third-order valence-electron chi connectivity index (χ3n) is 4.75. The van der Waals surface area contributed by atoms with Crippen molar-refractivity contribution in [3.8, 4) is 11.1 Å². The number of fused-ring (bicyclic) bond motifs is 1. The number of nitrogens with one attached hydrogen (secondary N) is 2. The lowest BCUT2D eigenvalue weighted by Gasteiger charge is -2.11. The summed E-state index contributed by atoms with van der Waals surface area (Å²) in [5.41, 5.74) is 2.66. The van der Waals surface area contributed by atoms with E-state index in [1.54, 1.807) is 24.4 Å². The van der Waals surface area contributed by atoms with Crippen LogP contribution in [0.3, 0.4) is 0 Å². The molecule has 2 amide bonds. The van der Waals surface area contributed by atoms with Gasteiger partial charge in [-0.3, -0.25) is 4.98 Å². The van der Waals surface area contributed by atoms with Gasteiger partial charge in [-0.05, 0) is 42.0 Å². The maximum Gasteiger partial charge on any atom is 0.335 e. The molecule has 0 fully saturated rings. The number of carboxylic acids is 2. The predicted octanol–water partition coefficient (Wildman–Crippen LogP) is 4.94. The lowest BCUT2D eigenvalue weighted by molar-refractivity contribution is 0.0696. The normalized spacial score (nSPS) is 10.5. The van der Waals surface area contributed by atoms with Crippen LogP contribution in [-0.2, 0) is 0 Å². The van der Waals surface area contributed by atoms with E-state index in [4.69, 9.17) is 0 Å². The Kier molecular flexibility index (Phi) is 5.50. The van der Waals surface area contributed by atoms with Crippen LogP contribution < -0.4 is 10.6 Å². The minimum absolute atomic E-state index is 0.0502. The van der Waals surface area contributed by atoms with E-state index in [0.29, 0.717) is 5.69 Å². The van der Waals surface area contributed by atoms with Crippen LogP contribution in [0, 0.1) is 0 Å². The van der Waals surface area contributed by atoms with Crippen LogP contribution in [-0.4, -0.2) is 33.2 Å². The SMILES string of the molecule is O=C(Nc1cc(C(=O)O)cc(C(=O)O)c1)Nc1cccc(-c2cccc3cccnc23)c1. The van der Waals surface area contributed by atoms with Gasteiger partial charge in [0.05, 0.1) is 16.6 Å². The molecule has 1 aromatic heterocycles. The third-order valence-corrected chi connectivity index (χ3v) is 4.75. The minimum atomic E-state index is -1.30. The van der Waals surface area contributed by atoms with Gasteiger partial charge in [0.1, 0.15) is 0 Å². The number of urea groups is 1. The zero-order chi connectivity index (χ0) is 22.7. The summed E-state index contributed by atoms with van der Waals surface area (Å²) in [5, 5.41) is 24.5. The highest BCUT2D eigenvalue weighted by molar-refractivity contribution is 6.03. The van der Waals surface area contributed by atoms with Gasteiger partial charge in [0, 0.05) is 28.5 Å². The van der Waals surface area contributed by atoms with Crippen molar-refractivity contribution >= 4 is 40.2 Å². The second-order valence-electron chi connectivity index (χ2n) is 6.95. The molecule has 0 saturated carbocycles. The van der Waals surface area contributed by atoms with E-state index in [9.17, 15) is 24.6 Å². The Morgan fingerprint density at radius 2 is 1.38 bits per heavy atom. The number of carbonyl (C=O) groups is 3. The Labute approximate surface area is 182 Å². The van der Waals surface area contributed by atoms with Gasteiger partial charge < -0.3 is 20.8 Å². The molecule has 4 N–H and O–H groups in total.